The second-order valence-electron chi connectivity index (χ2n) is 5.16. The zero-order valence-electron chi connectivity index (χ0n) is 11.9. The molecule has 1 aliphatic heterocycles. The molecular formula is C16H16FNO2S. The van der Waals surface area contributed by atoms with E-state index in [0.29, 0.717) is 11.3 Å². The Morgan fingerprint density at radius 2 is 2.14 bits per heavy atom. The molecular weight excluding hydrogens is 289 g/mol. The van der Waals surface area contributed by atoms with E-state index in [4.69, 9.17) is 4.42 Å². The minimum Gasteiger partial charge on any atom is -0.463 e. The number of hydrogen-bond donors (Lipinski definition) is 0. The molecule has 1 fully saturated rings. The van der Waals surface area contributed by atoms with E-state index >= 15 is 0 Å². The number of thioether (sulfide) groups is 1. The van der Waals surface area contributed by atoms with Crippen molar-refractivity contribution in [2.45, 2.75) is 25.8 Å². The number of carbonyl (C=O) groups excluding carboxylic acids is 1. The first-order valence-electron chi connectivity index (χ1n) is 6.77. The molecule has 3 rings (SSSR count). The molecule has 0 saturated carbocycles. The lowest BCUT2D eigenvalue weighted by Crippen LogP contribution is -2.27. The van der Waals surface area contributed by atoms with Crippen LogP contribution in [-0.4, -0.2) is 16.6 Å². The SMILES string of the molecule is Cc1cc(C2SCC(=O)N2Cc2ccccc2F)oc1C. The Morgan fingerprint density at radius 1 is 1.38 bits per heavy atom. The number of rotatable bonds is 3. The number of aryl methyl sites for hydroxylation is 2. The molecule has 1 aliphatic rings. The van der Waals surface area contributed by atoms with Gasteiger partial charge in [0, 0.05) is 5.56 Å². The van der Waals surface area contributed by atoms with Crippen LogP contribution >= 0.6 is 11.8 Å². The van der Waals surface area contributed by atoms with E-state index in [1.807, 2.05) is 19.9 Å². The molecule has 1 atom stereocenters. The third-order valence-corrected chi connectivity index (χ3v) is 4.91. The molecule has 0 N–H and O–H groups in total. The molecule has 21 heavy (non-hydrogen) atoms. The summed E-state index contributed by atoms with van der Waals surface area (Å²) in [5.74, 6) is 1.75. The van der Waals surface area contributed by atoms with Crippen molar-refractivity contribution in [1.29, 1.82) is 0 Å². The maximum atomic E-state index is 13.8. The number of nitrogens with zero attached hydrogens (tertiary/aromatic N) is 1. The fourth-order valence-corrected chi connectivity index (χ4v) is 3.51. The van der Waals surface area contributed by atoms with Gasteiger partial charge in [0.15, 0.2) is 0 Å². The zero-order chi connectivity index (χ0) is 15.0. The molecule has 1 amide bonds. The predicted molar refractivity (Wildman–Crippen MR) is 80.3 cm³/mol. The Hall–Kier alpha value is -1.75. The molecule has 0 bridgehead atoms. The van der Waals surface area contributed by atoms with Crippen LogP contribution in [0.2, 0.25) is 0 Å². The topological polar surface area (TPSA) is 33.5 Å². The number of amides is 1. The Kier molecular flexibility index (Phi) is 3.76. The highest BCUT2D eigenvalue weighted by Crippen LogP contribution is 2.41. The van der Waals surface area contributed by atoms with Crippen molar-refractivity contribution < 1.29 is 13.6 Å². The maximum Gasteiger partial charge on any atom is 0.234 e. The van der Waals surface area contributed by atoms with Gasteiger partial charge < -0.3 is 9.32 Å². The van der Waals surface area contributed by atoms with Crippen LogP contribution in [-0.2, 0) is 11.3 Å². The summed E-state index contributed by atoms with van der Waals surface area (Å²) in [5.41, 5.74) is 1.59. The van der Waals surface area contributed by atoms with Crippen molar-refractivity contribution in [2.75, 3.05) is 5.75 Å². The summed E-state index contributed by atoms with van der Waals surface area (Å²) >= 11 is 1.52. The summed E-state index contributed by atoms with van der Waals surface area (Å²) in [4.78, 5) is 13.8. The molecule has 3 nitrogen and oxygen atoms in total. The largest absolute Gasteiger partial charge is 0.463 e. The second kappa shape index (κ2) is 5.56. The molecule has 0 aliphatic carbocycles. The smallest absolute Gasteiger partial charge is 0.234 e. The van der Waals surface area contributed by atoms with Gasteiger partial charge in [0.25, 0.3) is 0 Å². The third kappa shape index (κ3) is 2.70. The number of carbonyl (C=O) groups is 1. The lowest BCUT2D eigenvalue weighted by molar-refractivity contribution is -0.128. The second-order valence-corrected chi connectivity index (χ2v) is 6.23. The van der Waals surface area contributed by atoms with Crippen molar-refractivity contribution in [3.63, 3.8) is 0 Å². The number of furan rings is 1. The van der Waals surface area contributed by atoms with Crippen LogP contribution in [0.3, 0.4) is 0 Å². The summed E-state index contributed by atoms with van der Waals surface area (Å²) in [6, 6.07) is 8.51. The fourth-order valence-electron chi connectivity index (χ4n) is 2.39. The normalized spacial score (nSPS) is 18.5. The van der Waals surface area contributed by atoms with Crippen LogP contribution in [0.15, 0.2) is 34.7 Å². The monoisotopic (exact) mass is 305 g/mol. The highest BCUT2D eigenvalue weighted by molar-refractivity contribution is 8.00. The average Bonchev–Trinajstić information content (AvgIpc) is 2.97. The van der Waals surface area contributed by atoms with E-state index in [-0.39, 0.29) is 23.6 Å². The van der Waals surface area contributed by atoms with Crippen LogP contribution < -0.4 is 0 Å². The number of hydrogen-bond acceptors (Lipinski definition) is 3. The zero-order valence-corrected chi connectivity index (χ0v) is 12.7. The van der Waals surface area contributed by atoms with Gasteiger partial charge in [-0.3, -0.25) is 4.79 Å². The van der Waals surface area contributed by atoms with Crippen LogP contribution in [0.1, 0.15) is 28.0 Å². The van der Waals surface area contributed by atoms with E-state index in [2.05, 4.69) is 0 Å². The van der Waals surface area contributed by atoms with E-state index in [9.17, 15) is 9.18 Å². The minimum atomic E-state index is -0.284. The standard InChI is InChI=1S/C16H16FNO2S/c1-10-7-14(20-11(10)2)16-18(15(19)9-21-16)8-12-5-3-4-6-13(12)17/h3-7,16H,8-9H2,1-2H3. The minimum absolute atomic E-state index is 0.0139. The van der Waals surface area contributed by atoms with Gasteiger partial charge in [-0.05, 0) is 31.5 Å². The molecule has 1 aromatic carbocycles. The molecule has 2 aromatic rings. The van der Waals surface area contributed by atoms with E-state index in [1.54, 1.807) is 23.1 Å². The first-order valence-corrected chi connectivity index (χ1v) is 7.82. The van der Waals surface area contributed by atoms with Gasteiger partial charge in [-0.25, -0.2) is 4.39 Å². The molecule has 1 aromatic heterocycles. The summed E-state index contributed by atoms with van der Waals surface area (Å²) < 4.78 is 19.5. The van der Waals surface area contributed by atoms with E-state index in [1.165, 1.54) is 17.8 Å². The quantitative estimate of drug-likeness (QED) is 0.864. The molecule has 1 unspecified atom stereocenters. The van der Waals surface area contributed by atoms with Crippen molar-refractivity contribution >= 4 is 17.7 Å². The first-order chi connectivity index (χ1) is 10.1. The summed E-state index contributed by atoms with van der Waals surface area (Å²) in [5, 5.41) is -0.176. The number of halogens is 1. The van der Waals surface area contributed by atoms with Crippen molar-refractivity contribution in [3.05, 3.63) is 58.8 Å². The highest BCUT2D eigenvalue weighted by atomic mass is 32.2. The van der Waals surface area contributed by atoms with Crippen LogP contribution in [0.25, 0.3) is 0 Å². The van der Waals surface area contributed by atoms with Crippen LogP contribution in [0, 0.1) is 19.7 Å². The predicted octanol–water partition coefficient (Wildman–Crippen LogP) is 3.81. The van der Waals surface area contributed by atoms with Crippen molar-refractivity contribution in [3.8, 4) is 0 Å². The maximum absolute atomic E-state index is 13.8. The van der Waals surface area contributed by atoms with Gasteiger partial charge in [0.05, 0.1) is 12.3 Å². The number of benzene rings is 1. The van der Waals surface area contributed by atoms with Gasteiger partial charge in [-0.15, -0.1) is 11.8 Å². The molecule has 1 saturated heterocycles. The highest BCUT2D eigenvalue weighted by Gasteiger charge is 2.35. The van der Waals surface area contributed by atoms with Gasteiger partial charge in [-0.1, -0.05) is 18.2 Å². The fraction of sp³-hybridized carbons (Fsp3) is 0.312. The van der Waals surface area contributed by atoms with Crippen molar-refractivity contribution in [2.24, 2.45) is 0 Å². The lowest BCUT2D eigenvalue weighted by Gasteiger charge is -2.22. The van der Waals surface area contributed by atoms with Crippen molar-refractivity contribution in [1.82, 2.24) is 4.90 Å². The van der Waals surface area contributed by atoms with Crippen LogP contribution in [0.4, 0.5) is 4.39 Å². The molecule has 0 spiro atoms. The Balaban J connectivity index is 1.88. The molecule has 110 valence electrons. The Labute approximate surface area is 127 Å². The van der Waals surface area contributed by atoms with Gasteiger partial charge >= 0.3 is 0 Å². The van der Waals surface area contributed by atoms with Gasteiger partial charge in [-0.2, -0.15) is 0 Å². The van der Waals surface area contributed by atoms with Gasteiger partial charge in [0.1, 0.15) is 22.7 Å². The summed E-state index contributed by atoms with van der Waals surface area (Å²) in [7, 11) is 0. The Bertz CT molecular complexity index is 663. The van der Waals surface area contributed by atoms with Crippen LogP contribution in [0.5, 0.6) is 0 Å². The van der Waals surface area contributed by atoms with E-state index < -0.39 is 0 Å². The molecule has 2 heterocycles. The summed E-state index contributed by atoms with van der Waals surface area (Å²) in [6.45, 7) is 4.15. The summed E-state index contributed by atoms with van der Waals surface area (Å²) in [6.07, 6.45) is 0. The van der Waals surface area contributed by atoms with Gasteiger partial charge in [0.2, 0.25) is 5.91 Å². The third-order valence-electron chi connectivity index (χ3n) is 3.70. The van der Waals surface area contributed by atoms with E-state index in [0.717, 1.165) is 17.1 Å². The molecule has 5 heteroatoms. The first kappa shape index (κ1) is 14.2. The lowest BCUT2D eigenvalue weighted by atomic mass is 10.2. The Morgan fingerprint density at radius 3 is 2.81 bits per heavy atom. The average molecular weight is 305 g/mol. The molecule has 0 radical (unpaired) electrons.